The first-order chi connectivity index (χ1) is 9.32. The van der Waals surface area contributed by atoms with E-state index in [9.17, 15) is 13.2 Å². The van der Waals surface area contributed by atoms with Crippen LogP contribution in [0.4, 0.5) is 13.2 Å². The van der Waals surface area contributed by atoms with Gasteiger partial charge in [0.2, 0.25) is 0 Å². The molecule has 2 N–H and O–H groups in total. The summed E-state index contributed by atoms with van der Waals surface area (Å²) in [4.78, 5) is 0. The molecule has 0 aliphatic heterocycles. The SMILES string of the molecule is CCC1CCC(N)(Cc2cccc(C(F)(F)F)c2)CC1. The fourth-order valence-corrected chi connectivity index (χ4v) is 3.10. The van der Waals surface area contributed by atoms with Gasteiger partial charge in [-0.3, -0.25) is 0 Å². The van der Waals surface area contributed by atoms with Crippen molar-refractivity contribution in [2.75, 3.05) is 0 Å². The molecular weight excluding hydrogens is 263 g/mol. The van der Waals surface area contributed by atoms with Crippen molar-refractivity contribution in [2.45, 2.75) is 57.2 Å². The van der Waals surface area contributed by atoms with Crippen LogP contribution in [-0.2, 0) is 12.6 Å². The van der Waals surface area contributed by atoms with Crippen molar-refractivity contribution in [3.05, 3.63) is 35.4 Å². The second-order valence-electron chi connectivity index (χ2n) is 6.09. The van der Waals surface area contributed by atoms with Gasteiger partial charge in [0.15, 0.2) is 0 Å². The van der Waals surface area contributed by atoms with Crippen LogP contribution in [0.2, 0.25) is 0 Å². The predicted octanol–water partition coefficient (Wildman–Crippen LogP) is 4.55. The van der Waals surface area contributed by atoms with Crippen LogP contribution in [0.1, 0.15) is 50.2 Å². The van der Waals surface area contributed by atoms with E-state index in [2.05, 4.69) is 6.92 Å². The highest BCUT2D eigenvalue weighted by atomic mass is 19.4. The van der Waals surface area contributed by atoms with Crippen LogP contribution >= 0.6 is 0 Å². The number of halogens is 3. The Hall–Kier alpha value is -1.03. The summed E-state index contributed by atoms with van der Waals surface area (Å²) in [6.45, 7) is 2.18. The van der Waals surface area contributed by atoms with Crippen molar-refractivity contribution in [3.63, 3.8) is 0 Å². The van der Waals surface area contributed by atoms with Gasteiger partial charge in [0.05, 0.1) is 5.56 Å². The average Bonchev–Trinajstić information content (AvgIpc) is 2.38. The molecule has 1 aromatic carbocycles. The Kier molecular flexibility index (Phi) is 4.43. The van der Waals surface area contributed by atoms with E-state index in [1.165, 1.54) is 18.6 Å². The number of hydrogen-bond acceptors (Lipinski definition) is 1. The first-order valence-corrected chi connectivity index (χ1v) is 7.27. The molecule has 2 rings (SSSR count). The number of benzene rings is 1. The maximum atomic E-state index is 12.7. The molecule has 0 saturated heterocycles. The topological polar surface area (TPSA) is 26.0 Å². The Bertz CT molecular complexity index is 445. The molecule has 1 aromatic rings. The summed E-state index contributed by atoms with van der Waals surface area (Å²) >= 11 is 0. The highest BCUT2D eigenvalue weighted by Crippen LogP contribution is 2.35. The molecule has 0 unspecified atom stereocenters. The zero-order valence-corrected chi connectivity index (χ0v) is 11.8. The minimum Gasteiger partial charge on any atom is -0.325 e. The van der Waals surface area contributed by atoms with E-state index in [4.69, 9.17) is 5.73 Å². The normalized spacial score (nSPS) is 27.6. The Labute approximate surface area is 118 Å². The third kappa shape index (κ3) is 3.75. The molecule has 1 saturated carbocycles. The summed E-state index contributed by atoms with van der Waals surface area (Å²) < 4.78 is 38.1. The van der Waals surface area contributed by atoms with E-state index < -0.39 is 11.7 Å². The number of alkyl halides is 3. The van der Waals surface area contributed by atoms with Crippen molar-refractivity contribution in [1.82, 2.24) is 0 Å². The number of nitrogens with two attached hydrogens (primary N) is 1. The van der Waals surface area contributed by atoms with Gasteiger partial charge < -0.3 is 5.73 Å². The van der Waals surface area contributed by atoms with Gasteiger partial charge in [-0.15, -0.1) is 0 Å². The lowest BCUT2D eigenvalue weighted by molar-refractivity contribution is -0.137. The molecular formula is C16H22F3N. The van der Waals surface area contributed by atoms with Gasteiger partial charge in [-0.1, -0.05) is 31.5 Å². The highest BCUT2D eigenvalue weighted by Gasteiger charge is 2.33. The van der Waals surface area contributed by atoms with E-state index in [0.29, 0.717) is 12.0 Å². The molecule has 1 fully saturated rings. The largest absolute Gasteiger partial charge is 0.416 e. The monoisotopic (exact) mass is 285 g/mol. The van der Waals surface area contributed by atoms with Crippen molar-refractivity contribution in [2.24, 2.45) is 11.7 Å². The average molecular weight is 285 g/mol. The van der Waals surface area contributed by atoms with Crippen molar-refractivity contribution >= 4 is 0 Å². The maximum Gasteiger partial charge on any atom is 0.416 e. The Balaban J connectivity index is 2.07. The summed E-state index contributed by atoms with van der Waals surface area (Å²) in [6, 6.07) is 5.57. The quantitative estimate of drug-likeness (QED) is 0.866. The molecule has 4 heteroatoms. The molecule has 20 heavy (non-hydrogen) atoms. The summed E-state index contributed by atoms with van der Waals surface area (Å²) in [5.41, 5.74) is 6.16. The molecule has 0 atom stereocenters. The minimum absolute atomic E-state index is 0.337. The molecule has 0 aromatic heterocycles. The van der Waals surface area contributed by atoms with Crippen LogP contribution in [0.3, 0.4) is 0 Å². The second-order valence-corrected chi connectivity index (χ2v) is 6.09. The predicted molar refractivity (Wildman–Crippen MR) is 74.3 cm³/mol. The maximum absolute atomic E-state index is 12.7. The summed E-state index contributed by atoms with van der Waals surface area (Å²) in [6.07, 6.45) is 1.41. The van der Waals surface area contributed by atoms with Gasteiger partial charge >= 0.3 is 6.18 Å². The van der Waals surface area contributed by atoms with E-state index in [1.54, 1.807) is 6.07 Å². The van der Waals surface area contributed by atoms with Crippen molar-refractivity contribution in [1.29, 1.82) is 0 Å². The van der Waals surface area contributed by atoms with Crippen LogP contribution in [-0.4, -0.2) is 5.54 Å². The molecule has 0 radical (unpaired) electrons. The Morgan fingerprint density at radius 3 is 2.45 bits per heavy atom. The molecule has 0 heterocycles. The third-order valence-corrected chi connectivity index (χ3v) is 4.49. The minimum atomic E-state index is -4.28. The molecule has 112 valence electrons. The Morgan fingerprint density at radius 1 is 1.25 bits per heavy atom. The van der Waals surface area contributed by atoms with E-state index in [1.807, 2.05) is 0 Å². The standard InChI is InChI=1S/C16H22F3N/c1-2-12-6-8-15(20,9-7-12)11-13-4-3-5-14(10-13)16(17,18)19/h3-5,10,12H,2,6-9,11,20H2,1H3. The Morgan fingerprint density at radius 2 is 1.90 bits per heavy atom. The zero-order chi connectivity index (χ0) is 14.8. The van der Waals surface area contributed by atoms with Crippen LogP contribution in [0.5, 0.6) is 0 Å². The van der Waals surface area contributed by atoms with Gasteiger partial charge in [0, 0.05) is 5.54 Å². The van der Waals surface area contributed by atoms with Crippen molar-refractivity contribution < 1.29 is 13.2 Å². The van der Waals surface area contributed by atoms with E-state index in [0.717, 1.165) is 37.7 Å². The van der Waals surface area contributed by atoms with Gasteiger partial charge in [-0.05, 0) is 49.7 Å². The molecule has 1 aliphatic carbocycles. The second kappa shape index (κ2) is 5.76. The lowest BCUT2D eigenvalue weighted by Crippen LogP contribution is -2.45. The smallest absolute Gasteiger partial charge is 0.325 e. The number of rotatable bonds is 3. The first kappa shape index (κ1) is 15.4. The molecule has 0 amide bonds. The molecule has 0 bridgehead atoms. The first-order valence-electron chi connectivity index (χ1n) is 7.27. The summed E-state index contributed by atoms with van der Waals surface area (Å²) in [7, 11) is 0. The summed E-state index contributed by atoms with van der Waals surface area (Å²) in [5.74, 6) is 0.730. The molecule has 1 aliphatic rings. The van der Waals surface area contributed by atoms with Crippen LogP contribution < -0.4 is 5.73 Å². The van der Waals surface area contributed by atoms with E-state index >= 15 is 0 Å². The van der Waals surface area contributed by atoms with E-state index in [-0.39, 0.29) is 5.54 Å². The third-order valence-electron chi connectivity index (χ3n) is 4.49. The van der Waals surface area contributed by atoms with Gasteiger partial charge in [-0.25, -0.2) is 0 Å². The van der Waals surface area contributed by atoms with Crippen molar-refractivity contribution in [3.8, 4) is 0 Å². The fraction of sp³-hybridized carbons (Fsp3) is 0.625. The highest BCUT2D eigenvalue weighted by molar-refractivity contribution is 5.27. The fourth-order valence-electron chi connectivity index (χ4n) is 3.10. The van der Waals surface area contributed by atoms with Crippen LogP contribution in [0.25, 0.3) is 0 Å². The van der Waals surface area contributed by atoms with Crippen LogP contribution in [0, 0.1) is 5.92 Å². The zero-order valence-electron chi connectivity index (χ0n) is 11.8. The number of hydrogen-bond donors (Lipinski definition) is 1. The van der Waals surface area contributed by atoms with Gasteiger partial charge in [0.25, 0.3) is 0 Å². The lowest BCUT2D eigenvalue weighted by Gasteiger charge is -2.37. The molecule has 0 spiro atoms. The van der Waals surface area contributed by atoms with Gasteiger partial charge in [0.1, 0.15) is 0 Å². The van der Waals surface area contributed by atoms with Gasteiger partial charge in [-0.2, -0.15) is 13.2 Å². The van der Waals surface area contributed by atoms with Crippen LogP contribution in [0.15, 0.2) is 24.3 Å². The molecule has 1 nitrogen and oxygen atoms in total. The summed E-state index contributed by atoms with van der Waals surface area (Å²) in [5, 5.41) is 0. The lowest BCUT2D eigenvalue weighted by atomic mass is 9.73.